The van der Waals surface area contributed by atoms with Gasteiger partial charge in [0.25, 0.3) is 5.91 Å². The summed E-state index contributed by atoms with van der Waals surface area (Å²) < 4.78 is 10.3. The van der Waals surface area contributed by atoms with Crippen LogP contribution >= 0.6 is 0 Å². The van der Waals surface area contributed by atoms with Crippen LogP contribution in [-0.4, -0.2) is 40.4 Å². The summed E-state index contributed by atoms with van der Waals surface area (Å²) in [6.07, 6.45) is 1.72. The van der Waals surface area contributed by atoms with Gasteiger partial charge < -0.3 is 9.64 Å². The molecule has 3 rings (SSSR count). The minimum Gasteiger partial charge on any atom is -0.365 e. The van der Waals surface area contributed by atoms with Crippen LogP contribution in [0, 0.1) is 0 Å². The second-order valence-corrected chi connectivity index (χ2v) is 5.43. The van der Waals surface area contributed by atoms with Gasteiger partial charge in [-0.3, -0.25) is 4.79 Å². The molecule has 6 nitrogen and oxygen atoms in total. The fourth-order valence-corrected chi connectivity index (χ4v) is 2.62. The summed E-state index contributed by atoms with van der Waals surface area (Å²) in [6.45, 7) is 3.04. The highest BCUT2D eigenvalue weighted by molar-refractivity contribution is 5.85. The first kappa shape index (κ1) is 13.1. The molecule has 1 aromatic heterocycles. The summed E-state index contributed by atoms with van der Waals surface area (Å²) in [7, 11) is 1.79. The Bertz CT molecular complexity index is 631. The Morgan fingerprint density at radius 2 is 2.20 bits per heavy atom. The quantitative estimate of drug-likeness (QED) is 0.853. The molecule has 0 spiro atoms. The Morgan fingerprint density at radius 3 is 2.95 bits per heavy atom. The maximum Gasteiger partial charge on any atom is 0.254 e. The van der Waals surface area contributed by atoms with Crippen LogP contribution in [0.1, 0.15) is 25.3 Å². The predicted molar refractivity (Wildman–Crippen MR) is 71.9 cm³/mol. The van der Waals surface area contributed by atoms with Crippen molar-refractivity contribution in [3.63, 3.8) is 0 Å². The molecule has 0 N–H and O–H groups in total. The molecule has 1 atom stereocenters. The molecular weight excluding hydrogens is 258 g/mol. The predicted octanol–water partition coefficient (Wildman–Crippen LogP) is 1.75. The zero-order valence-corrected chi connectivity index (χ0v) is 11.6. The Hall–Kier alpha value is -1.95. The van der Waals surface area contributed by atoms with E-state index in [4.69, 9.17) is 4.74 Å². The number of ether oxygens (including phenoxy) is 1. The number of hydrogen-bond acceptors (Lipinski definition) is 5. The molecule has 6 heteroatoms. The molecule has 1 aromatic carbocycles. The van der Waals surface area contributed by atoms with Gasteiger partial charge in [-0.25, -0.2) is 4.63 Å². The van der Waals surface area contributed by atoms with Crippen LogP contribution in [0.5, 0.6) is 0 Å². The van der Waals surface area contributed by atoms with Gasteiger partial charge in [0.05, 0.1) is 0 Å². The van der Waals surface area contributed by atoms with Crippen LogP contribution in [-0.2, 0) is 16.1 Å². The third kappa shape index (κ3) is 2.27. The normalized spacial score (nSPS) is 22.3. The molecule has 1 fully saturated rings. The minimum absolute atomic E-state index is 0.0216. The molecule has 1 saturated heterocycles. The van der Waals surface area contributed by atoms with Gasteiger partial charge >= 0.3 is 0 Å². The third-order valence-electron chi connectivity index (χ3n) is 3.76. The van der Waals surface area contributed by atoms with Gasteiger partial charge in [-0.1, -0.05) is 6.07 Å². The van der Waals surface area contributed by atoms with Gasteiger partial charge in [0, 0.05) is 20.2 Å². The zero-order chi connectivity index (χ0) is 14.2. The van der Waals surface area contributed by atoms with E-state index in [0.29, 0.717) is 24.2 Å². The minimum atomic E-state index is -0.672. The first-order valence-corrected chi connectivity index (χ1v) is 6.69. The van der Waals surface area contributed by atoms with E-state index >= 15 is 0 Å². The second-order valence-electron chi connectivity index (χ2n) is 5.43. The largest absolute Gasteiger partial charge is 0.365 e. The number of fused-ring (bicyclic) bond motifs is 1. The smallest absolute Gasteiger partial charge is 0.254 e. The van der Waals surface area contributed by atoms with Crippen LogP contribution in [0.2, 0.25) is 0 Å². The van der Waals surface area contributed by atoms with Crippen molar-refractivity contribution in [1.29, 1.82) is 0 Å². The number of rotatable bonds is 3. The van der Waals surface area contributed by atoms with Crippen molar-refractivity contribution in [2.75, 3.05) is 13.7 Å². The number of nitrogens with zero attached hydrogens (tertiary/aromatic N) is 3. The van der Waals surface area contributed by atoms with Crippen molar-refractivity contribution >= 4 is 16.9 Å². The molecule has 1 amide bonds. The molecular formula is C14H17N3O3. The van der Waals surface area contributed by atoms with Crippen molar-refractivity contribution in [1.82, 2.24) is 15.2 Å². The summed E-state index contributed by atoms with van der Waals surface area (Å²) in [4.78, 5) is 14.1. The van der Waals surface area contributed by atoms with Crippen molar-refractivity contribution in [2.24, 2.45) is 0 Å². The molecule has 2 aromatic rings. The summed E-state index contributed by atoms with van der Waals surface area (Å²) in [5, 5.41) is 7.57. The number of carbonyl (C=O) groups excluding carboxylic acids is 1. The van der Waals surface area contributed by atoms with Crippen LogP contribution in [0.3, 0.4) is 0 Å². The van der Waals surface area contributed by atoms with Gasteiger partial charge in [-0.15, -0.1) is 0 Å². The highest BCUT2D eigenvalue weighted by Gasteiger charge is 2.39. The summed E-state index contributed by atoms with van der Waals surface area (Å²) in [6, 6.07) is 5.65. The van der Waals surface area contributed by atoms with Crippen LogP contribution in [0.15, 0.2) is 22.8 Å². The molecule has 2 heterocycles. The lowest BCUT2D eigenvalue weighted by Gasteiger charge is -2.28. The zero-order valence-electron chi connectivity index (χ0n) is 11.6. The molecule has 0 saturated carbocycles. The van der Waals surface area contributed by atoms with E-state index in [1.54, 1.807) is 11.9 Å². The van der Waals surface area contributed by atoms with E-state index in [1.165, 1.54) is 0 Å². The maximum atomic E-state index is 12.4. The number of aromatic nitrogens is 2. The van der Waals surface area contributed by atoms with Gasteiger partial charge in [-0.05, 0) is 47.8 Å². The van der Waals surface area contributed by atoms with Crippen molar-refractivity contribution in [3.8, 4) is 0 Å². The standard InChI is InChI=1S/C14H17N3O3/c1-14(6-3-7-19-14)13(18)17(2)9-10-4-5-11-12(8-10)16-20-15-11/h4-5,8H,3,6-7,9H2,1-2H3/t14-/m0/s1. The Kier molecular flexibility index (Phi) is 3.17. The van der Waals surface area contributed by atoms with E-state index in [2.05, 4.69) is 14.9 Å². The fraction of sp³-hybridized carbons (Fsp3) is 0.500. The number of likely N-dealkylation sites (N-methyl/N-ethyl adjacent to an activating group) is 1. The molecule has 1 aliphatic rings. The Balaban J connectivity index is 1.74. The molecule has 106 valence electrons. The summed E-state index contributed by atoms with van der Waals surface area (Å²) >= 11 is 0. The van der Waals surface area contributed by atoms with Crippen LogP contribution in [0.4, 0.5) is 0 Å². The van der Waals surface area contributed by atoms with Crippen LogP contribution in [0.25, 0.3) is 11.0 Å². The number of benzene rings is 1. The second kappa shape index (κ2) is 4.86. The van der Waals surface area contributed by atoms with Gasteiger partial charge in [0.15, 0.2) is 0 Å². The van der Waals surface area contributed by atoms with Gasteiger partial charge in [-0.2, -0.15) is 0 Å². The summed E-state index contributed by atoms with van der Waals surface area (Å²) in [5.41, 5.74) is 1.74. The lowest BCUT2D eigenvalue weighted by atomic mass is 10.0. The van der Waals surface area contributed by atoms with E-state index in [0.717, 1.165) is 18.4 Å². The average Bonchev–Trinajstić information content (AvgIpc) is 3.06. The van der Waals surface area contributed by atoms with E-state index in [9.17, 15) is 4.79 Å². The molecule has 0 unspecified atom stereocenters. The van der Waals surface area contributed by atoms with Gasteiger partial charge in [0.1, 0.15) is 16.6 Å². The first-order chi connectivity index (χ1) is 9.58. The Morgan fingerprint density at radius 1 is 1.40 bits per heavy atom. The highest BCUT2D eigenvalue weighted by atomic mass is 16.6. The highest BCUT2D eigenvalue weighted by Crippen LogP contribution is 2.27. The SMILES string of the molecule is CN(Cc1ccc2nonc2c1)C(=O)[C@]1(C)CCCO1. The van der Waals surface area contributed by atoms with Gasteiger partial charge in [0.2, 0.25) is 0 Å². The van der Waals surface area contributed by atoms with Crippen molar-refractivity contribution in [2.45, 2.75) is 31.9 Å². The maximum absolute atomic E-state index is 12.4. The lowest BCUT2D eigenvalue weighted by Crippen LogP contribution is -2.44. The molecule has 20 heavy (non-hydrogen) atoms. The van der Waals surface area contributed by atoms with E-state index < -0.39 is 5.60 Å². The van der Waals surface area contributed by atoms with E-state index in [1.807, 2.05) is 25.1 Å². The van der Waals surface area contributed by atoms with Crippen LogP contribution < -0.4 is 0 Å². The van der Waals surface area contributed by atoms with Crippen molar-refractivity contribution < 1.29 is 14.2 Å². The Labute approximate surface area is 116 Å². The first-order valence-electron chi connectivity index (χ1n) is 6.69. The molecule has 0 aliphatic carbocycles. The third-order valence-corrected chi connectivity index (χ3v) is 3.76. The number of hydrogen-bond donors (Lipinski definition) is 0. The number of carbonyl (C=O) groups is 1. The molecule has 0 radical (unpaired) electrons. The topological polar surface area (TPSA) is 68.5 Å². The van der Waals surface area contributed by atoms with E-state index in [-0.39, 0.29) is 5.91 Å². The number of amides is 1. The fourth-order valence-electron chi connectivity index (χ4n) is 2.62. The summed E-state index contributed by atoms with van der Waals surface area (Å²) in [5.74, 6) is 0.0216. The lowest BCUT2D eigenvalue weighted by molar-refractivity contribution is -0.150. The van der Waals surface area contributed by atoms with Crippen molar-refractivity contribution in [3.05, 3.63) is 23.8 Å². The molecule has 0 bridgehead atoms. The molecule has 1 aliphatic heterocycles. The average molecular weight is 275 g/mol. The monoisotopic (exact) mass is 275 g/mol.